The number of anilines is 1. The maximum Gasteiger partial charge on any atom is 0.321 e. The van der Waals surface area contributed by atoms with Crippen LogP contribution in [0.1, 0.15) is 17.5 Å². The fraction of sp³-hybridized carbons (Fsp3) is 0.308. The molecule has 5 nitrogen and oxygen atoms in total. The second-order valence-corrected chi connectivity index (χ2v) is 5.39. The molecule has 0 saturated carbocycles. The van der Waals surface area contributed by atoms with Crippen LogP contribution in [0, 0.1) is 0 Å². The molecule has 0 amide bonds. The molecular weight excluding hydrogens is 260 g/mol. The van der Waals surface area contributed by atoms with Crippen LogP contribution in [-0.2, 0) is 12.8 Å². The fourth-order valence-electron chi connectivity index (χ4n) is 2.21. The molecule has 98 valence electrons. The van der Waals surface area contributed by atoms with Gasteiger partial charge in [0.25, 0.3) is 0 Å². The van der Waals surface area contributed by atoms with Gasteiger partial charge < -0.3 is 10.5 Å². The number of nitrogens with two attached hydrogens (primary N) is 1. The first-order valence-corrected chi connectivity index (χ1v) is 6.91. The molecule has 0 atom stereocenters. The van der Waals surface area contributed by atoms with Crippen LogP contribution in [0.4, 0.5) is 5.95 Å². The minimum absolute atomic E-state index is 0.176. The van der Waals surface area contributed by atoms with Crippen molar-refractivity contribution in [2.45, 2.75) is 29.3 Å². The van der Waals surface area contributed by atoms with Crippen LogP contribution in [0.2, 0.25) is 0 Å². The zero-order valence-corrected chi connectivity index (χ0v) is 11.4. The topological polar surface area (TPSA) is 73.9 Å². The number of ether oxygens (including phenoxy) is 1. The maximum atomic E-state index is 5.62. The summed E-state index contributed by atoms with van der Waals surface area (Å²) in [7, 11) is 1.51. The van der Waals surface area contributed by atoms with E-state index in [1.54, 1.807) is 0 Å². The van der Waals surface area contributed by atoms with Crippen molar-refractivity contribution in [1.29, 1.82) is 0 Å². The van der Waals surface area contributed by atoms with Gasteiger partial charge in [-0.15, -0.1) is 0 Å². The molecule has 0 fully saturated rings. The smallest absolute Gasteiger partial charge is 0.321 e. The molecule has 1 aliphatic carbocycles. The number of methoxy groups -OCH3 is 1. The van der Waals surface area contributed by atoms with Gasteiger partial charge in [0.05, 0.1) is 7.11 Å². The average Bonchev–Trinajstić information content (AvgIpc) is 2.85. The molecule has 1 aliphatic rings. The lowest BCUT2D eigenvalue weighted by Crippen LogP contribution is -2.01. The van der Waals surface area contributed by atoms with Crippen LogP contribution >= 0.6 is 11.8 Å². The molecule has 1 aromatic heterocycles. The van der Waals surface area contributed by atoms with E-state index in [1.807, 2.05) is 0 Å². The lowest BCUT2D eigenvalue weighted by Gasteiger charge is -2.05. The van der Waals surface area contributed by atoms with Gasteiger partial charge in [0.2, 0.25) is 11.1 Å². The number of benzene rings is 1. The largest absolute Gasteiger partial charge is 0.467 e. The normalized spacial score (nSPS) is 13.3. The summed E-state index contributed by atoms with van der Waals surface area (Å²) >= 11 is 1.48. The summed E-state index contributed by atoms with van der Waals surface area (Å²) in [5, 5.41) is 0.558. The highest BCUT2D eigenvalue weighted by atomic mass is 32.2. The average molecular weight is 274 g/mol. The van der Waals surface area contributed by atoms with E-state index in [4.69, 9.17) is 10.5 Å². The second kappa shape index (κ2) is 5.05. The zero-order valence-electron chi connectivity index (χ0n) is 10.6. The minimum atomic E-state index is 0.176. The highest BCUT2D eigenvalue weighted by molar-refractivity contribution is 7.99. The molecule has 0 saturated heterocycles. The number of fused-ring (bicyclic) bond motifs is 1. The Hall–Kier alpha value is -1.82. The first-order valence-electron chi connectivity index (χ1n) is 6.10. The Kier molecular flexibility index (Phi) is 3.25. The molecule has 0 unspecified atom stereocenters. The summed E-state index contributed by atoms with van der Waals surface area (Å²) in [5.41, 5.74) is 8.51. The number of nitrogen functional groups attached to an aromatic ring is 1. The van der Waals surface area contributed by atoms with Crippen LogP contribution < -0.4 is 10.5 Å². The molecule has 3 rings (SSSR count). The molecule has 2 aromatic rings. The Balaban J connectivity index is 1.86. The summed E-state index contributed by atoms with van der Waals surface area (Å²) in [6, 6.07) is 6.74. The van der Waals surface area contributed by atoms with Gasteiger partial charge in [0.1, 0.15) is 0 Å². The standard InChI is InChI=1S/C13H14N4OS/c1-18-12-15-11(14)16-13(17-12)19-10-6-5-8-3-2-4-9(8)7-10/h5-7H,2-4H2,1H3,(H2,14,15,16,17). The van der Waals surface area contributed by atoms with Crippen molar-refractivity contribution in [2.75, 3.05) is 12.8 Å². The first kappa shape index (κ1) is 12.2. The fourth-order valence-corrected chi connectivity index (χ4v) is 3.02. The van der Waals surface area contributed by atoms with Crippen LogP contribution in [0.25, 0.3) is 0 Å². The Morgan fingerprint density at radius 2 is 2.00 bits per heavy atom. The quantitative estimate of drug-likeness (QED) is 0.924. The van der Waals surface area contributed by atoms with Gasteiger partial charge in [0, 0.05) is 4.90 Å². The summed E-state index contributed by atoms with van der Waals surface area (Å²) in [6.07, 6.45) is 3.59. The van der Waals surface area contributed by atoms with Crippen molar-refractivity contribution in [3.8, 4) is 6.01 Å². The minimum Gasteiger partial charge on any atom is -0.467 e. The number of aryl methyl sites for hydroxylation is 2. The van der Waals surface area contributed by atoms with Crippen molar-refractivity contribution < 1.29 is 4.74 Å². The van der Waals surface area contributed by atoms with Gasteiger partial charge in [-0.25, -0.2) is 0 Å². The summed E-state index contributed by atoms with van der Waals surface area (Å²) in [5.74, 6) is 0.176. The molecule has 1 aromatic carbocycles. The lowest BCUT2D eigenvalue weighted by molar-refractivity contribution is 0.374. The van der Waals surface area contributed by atoms with E-state index in [2.05, 4.69) is 33.2 Å². The zero-order chi connectivity index (χ0) is 13.2. The molecule has 0 bridgehead atoms. The maximum absolute atomic E-state index is 5.62. The Bertz CT molecular complexity index is 618. The van der Waals surface area contributed by atoms with E-state index in [-0.39, 0.29) is 12.0 Å². The summed E-state index contributed by atoms with van der Waals surface area (Å²) in [6.45, 7) is 0. The van der Waals surface area contributed by atoms with E-state index in [1.165, 1.54) is 42.8 Å². The van der Waals surface area contributed by atoms with Crippen LogP contribution in [0.15, 0.2) is 28.3 Å². The van der Waals surface area contributed by atoms with Crippen LogP contribution in [-0.4, -0.2) is 22.1 Å². The van der Waals surface area contributed by atoms with E-state index in [0.717, 1.165) is 11.3 Å². The van der Waals surface area contributed by atoms with Gasteiger partial charge in [-0.2, -0.15) is 15.0 Å². The monoisotopic (exact) mass is 274 g/mol. The van der Waals surface area contributed by atoms with Gasteiger partial charge in [-0.1, -0.05) is 6.07 Å². The second-order valence-electron chi connectivity index (χ2n) is 4.35. The van der Waals surface area contributed by atoms with E-state index in [9.17, 15) is 0 Å². The van der Waals surface area contributed by atoms with Crippen molar-refractivity contribution in [3.05, 3.63) is 29.3 Å². The van der Waals surface area contributed by atoms with Crippen molar-refractivity contribution in [2.24, 2.45) is 0 Å². The van der Waals surface area contributed by atoms with Gasteiger partial charge in [-0.05, 0) is 54.3 Å². The molecule has 2 N–H and O–H groups in total. The number of nitrogens with zero attached hydrogens (tertiary/aromatic N) is 3. The van der Waals surface area contributed by atoms with Crippen molar-refractivity contribution in [1.82, 2.24) is 15.0 Å². The molecule has 0 radical (unpaired) electrons. The molecule has 19 heavy (non-hydrogen) atoms. The van der Waals surface area contributed by atoms with Crippen LogP contribution in [0.5, 0.6) is 6.01 Å². The first-order chi connectivity index (χ1) is 9.24. The third-order valence-corrected chi connectivity index (χ3v) is 3.93. The van der Waals surface area contributed by atoms with E-state index >= 15 is 0 Å². The van der Waals surface area contributed by atoms with Gasteiger partial charge >= 0.3 is 6.01 Å². The Morgan fingerprint density at radius 3 is 2.84 bits per heavy atom. The predicted octanol–water partition coefficient (Wildman–Crippen LogP) is 2.10. The van der Waals surface area contributed by atoms with E-state index < -0.39 is 0 Å². The van der Waals surface area contributed by atoms with Gasteiger partial charge in [0.15, 0.2) is 0 Å². The van der Waals surface area contributed by atoms with Gasteiger partial charge in [-0.3, -0.25) is 0 Å². The van der Waals surface area contributed by atoms with E-state index in [0.29, 0.717) is 5.16 Å². The number of aromatic nitrogens is 3. The summed E-state index contributed by atoms with van der Waals surface area (Å²) < 4.78 is 4.99. The molecule has 1 heterocycles. The highest BCUT2D eigenvalue weighted by Crippen LogP contribution is 2.30. The predicted molar refractivity (Wildman–Crippen MR) is 73.4 cm³/mol. The SMILES string of the molecule is COc1nc(N)nc(Sc2ccc3c(c2)CCC3)n1. The summed E-state index contributed by atoms with van der Waals surface area (Å²) in [4.78, 5) is 13.3. The highest BCUT2D eigenvalue weighted by Gasteiger charge is 2.12. The molecular formula is C13H14N4OS. The Morgan fingerprint density at radius 1 is 1.16 bits per heavy atom. The van der Waals surface area contributed by atoms with Crippen molar-refractivity contribution >= 4 is 17.7 Å². The lowest BCUT2D eigenvalue weighted by atomic mass is 10.1. The number of rotatable bonds is 3. The van der Waals surface area contributed by atoms with Crippen molar-refractivity contribution in [3.63, 3.8) is 0 Å². The number of hydrogen-bond acceptors (Lipinski definition) is 6. The number of hydrogen-bond donors (Lipinski definition) is 1. The molecule has 0 aliphatic heterocycles. The third kappa shape index (κ3) is 2.63. The Labute approximate surface area is 115 Å². The third-order valence-electron chi connectivity index (χ3n) is 3.07. The van der Waals surface area contributed by atoms with Crippen LogP contribution in [0.3, 0.4) is 0 Å². The molecule has 6 heteroatoms. The molecule has 0 spiro atoms.